The highest BCUT2D eigenvalue weighted by molar-refractivity contribution is 7.11. The molecule has 0 unspecified atom stereocenters. The number of hydrogen-bond acceptors (Lipinski definition) is 3. The maximum absolute atomic E-state index is 9.32. The Hall–Kier alpha value is -0.410. The number of nitrogens with zero attached hydrogens (tertiary/aromatic N) is 1. The molecule has 0 atom stereocenters. The lowest BCUT2D eigenvalue weighted by atomic mass is 9.82. The first kappa shape index (κ1) is 11.1. The molecular weight excluding hydrogens is 206 g/mol. The molecule has 1 saturated carbocycles. The van der Waals surface area contributed by atoms with Crippen molar-refractivity contribution >= 4 is 11.3 Å². The summed E-state index contributed by atoms with van der Waals surface area (Å²) in [6, 6.07) is 0. The Morgan fingerprint density at radius 3 is 2.60 bits per heavy atom. The fourth-order valence-corrected chi connectivity index (χ4v) is 2.92. The first-order chi connectivity index (χ1) is 7.04. The molecule has 84 valence electrons. The number of thiazole rings is 1. The van der Waals surface area contributed by atoms with E-state index in [4.69, 9.17) is 4.98 Å². The van der Waals surface area contributed by atoms with Crippen molar-refractivity contribution in [1.82, 2.24) is 4.98 Å². The molecule has 3 heteroatoms. The molecule has 1 aliphatic carbocycles. The molecule has 0 aliphatic heterocycles. The van der Waals surface area contributed by atoms with E-state index in [1.807, 2.05) is 0 Å². The molecule has 15 heavy (non-hydrogen) atoms. The van der Waals surface area contributed by atoms with Gasteiger partial charge in [-0.15, -0.1) is 11.3 Å². The SMILES string of the molecule is Cc1sc(C(C)(C)CO)nc1C1CCC1. The van der Waals surface area contributed by atoms with Gasteiger partial charge in [-0.2, -0.15) is 0 Å². The Kier molecular flexibility index (Phi) is 2.86. The summed E-state index contributed by atoms with van der Waals surface area (Å²) < 4.78 is 0. The van der Waals surface area contributed by atoms with Crippen LogP contribution < -0.4 is 0 Å². The van der Waals surface area contributed by atoms with E-state index in [0.29, 0.717) is 5.92 Å². The molecule has 0 aromatic carbocycles. The third kappa shape index (κ3) is 1.95. The van der Waals surface area contributed by atoms with Crippen LogP contribution >= 0.6 is 11.3 Å². The Morgan fingerprint density at radius 2 is 2.13 bits per heavy atom. The minimum atomic E-state index is -0.183. The van der Waals surface area contributed by atoms with Crippen molar-refractivity contribution in [2.75, 3.05) is 6.61 Å². The van der Waals surface area contributed by atoms with Gasteiger partial charge in [0.05, 0.1) is 12.3 Å². The van der Waals surface area contributed by atoms with E-state index in [1.54, 1.807) is 11.3 Å². The van der Waals surface area contributed by atoms with E-state index in [2.05, 4.69) is 20.8 Å². The zero-order chi connectivity index (χ0) is 11.1. The number of aliphatic hydroxyl groups is 1. The lowest BCUT2D eigenvalue weighted by Crippen LogP contribution is -2.22. The van der Waals surface area contributed by atoms with Gasteiger partial charge in [-0.25, -0.2) is 4.98 Å². The Morgan fingerprint density at radius 1 is 1.47 bits per heavy atom. The predicted octanol–water partition coefficient (Wildman–Crippen LogP) is 2.99. The van der Waals surface area contributed by atoms with E-state index in [-0.39, 0.29) is 12.0 Å². The summed E-state index contributed by atoms with van der Waals surface area (Å²) in [5.41, 5.74) is 1.11. The van der Waals surface area contributed by atoms with Crippen LogP contribution in [-0.2, 0) is 5.41 Å². The summed E-state index contributed by atoms with van der Waals surface area (Å²) in [5, 5.41) is 10.4. The zero-order valence-corrected chi connectivity index (χ0v) is 10.5. The number of aryl methyl sites for hydroxylation is 1. The second-order valence-corrected chi connectivity index (χ2v) is 6.33. The van der Waals surface area contributed by atoms with E-state index < -0.39 is 0 Å². The number of aliphatic hydroxyl groups excluding tert-OH is 1. The average Bonchev–Trinajstić information content (AvgIpc) is 2.46. The average molecular weight is 225 g/mol. The Labute approximate surface area is 95.4 Å². The largest absolute Gasteiger partial charge is 0.395 e. The Balaban J connectivity index is 2.27. The van der Waals surface area contributed by atoms with E-state index in [1.165, 1.54) is 29.8 Å². The number of hydrogen-bond donors (Lipinski definition) is 1. The lowest BCUT2D eigenvalue weighted by molar-refractivity contribution is 0.218. The van der Waals surface area contributed by atoms with Crippen LogP contribution in [0.4, 0.5) is 0 Å². The molecule has 2 rings (SSSR count). The van der Waals surface area contributed by atoms with Crippen LogP contribution in [-0.4, -0.2) is 16.7 Å². The normalized spacial score (nSPS) is 17.9. The monoisotopic (exact) mass is 225 g/mol. The second-order valence-electron chi connectivity index (χ2n) is 5.13. The highest BCUT2D eigenvalue weighted by Crippen LogP contribution is 2.40. The van der Waals surface area contributed by atoms with Gasteiger partial charge in [0.2, 0.25) is 0 Å². The van der Waals surface area contributed by atoms with Crippen molar-refractivity contribution in [1.29, 1.82) is 0 Å². The van der Waals surface area contributed by atoms with Crippen LogP contribution in [0.3, 0.4) is 0 Å². The number of aromatic nitrogens is 1. The van der Waals surface area contributed by atoms with Gasteiger partial charge in [-0.3, -0.25) is 0 Å². The van der Waals surface area contributed by atoms with E-state index >= 15 is 0 Å². The first-order valence-corrected chi connectivity index (χ1v) is 6.45. The Bertz CT molecular complexity index is 353. The van der Waals surface area contributed by atoms with Crippen molar-refractivity contribution in [2.24, 2.45) is 0 Å². The van der Waals surface area contributed by atoms with Gasteiger partial charge in [-0.05, 0) is 19.8 Å². The van der Waals surface area contributed by atoms with Crippen molar-refractivity contribution in [3.05, 3.63) is 15.6 Å². The van der Waals surface area contributed by atoms with Crippen LogP contribution in [0.2, 0.25) is 0 Å². The molecule has 1 N–H and O–H groups in total. The minimum Gasteiger partial charge on any atom is -0.395 e. The molecule has 1 aliphatic rings. The quantitative estimate of drug-likeness (QED) is 0.858. The third-order valence-corrected chi connectivity index (χ3v) is 4.65. The second kappa shape index (κ2) is 3.87. The third-order valence-electron chi connectivity index (χ3n) is 3.30. The summed E-state index contributed by atoms with van der Waals surface area (Å²) in [7, 11) is 0. The molecular formula is C12H19NOS. The lowest BCUT2D eigenvalue weighted by Gasteiger charge is -2.24. The summed E-state index contributed by atoms with van der Waals surface area (Å²) in [6.45, 7) is 6.43. The summed E-state index contributed by atoms with van der Waals surface area (Å²) in [4.78, 5) is 6.08. The molecule has 1 fully saturated rings. The van der Waals surface area contributed by atoms with Crippen molar-refractivity contribution < 1.29 is 5.11 Å². The van der Waals surface area contributed by atoms with Crippen molar-refractivity contribution in [2.45, 2.75) is 51.4 Å². The van der Waals surface area contributed by atoms with Crippen molar-refractivity contribution in [3.8, 4) is 0 Å². The molecule has 1 aromatic heterocycles. The van der Waals surface area contributed by atoms with Crippen LogP contribution in [0, 0.1) is 6.92 Å². The van der Waals surface area contributed by atoms with Gasteiger partial charge in [-0.1, -0.05) is 20.3 Å². The van der Waals surface area contributed by atoms with Crippen LogP contribution in [0.1, 0.15) is 54.6 Å². The van der Waals surface area contributed by atoms with Gasteiger partial charge in [0.15, 0.2) is 0 Å². The molecule has 1 heterocycles. The predicted molar refractivity (Wildman–Crippen MR) is 63.6 cm³/mol. The summed E-state index contributed by atoms with van der Waals surface area (Å²) in [5.74, 6) is 0.699. The molecule has 0 amide bonds. The smallest absolute Gasteiger partial charge is 0.101 e. The van der Waals surface area contributed by atoms with Crippen LogP contribution in [0.5, 0.6) is 0 Å². The molecule has 0 spiro atoms. The van der Waals surface area contributed by atoms with Crippen LogP contribution in [0.25, 0.3) is 0 Å². The van der Waals surface area contributed by atoms with Crippen LogP contribution in [0.15, 0.2) is 0 Å². The fraction of sp³-hybridized carbons (Fsp3) is 0.750. The standard InChI is InChI=1S/C12H19NOS/c1-8-10(9-5-4-6-9)13-11(15-8)12(2,3)7-14/h9,14H,4-7H2,1-3H3. The maximum atomic E-state index is 9.32. The highest BCUT2D eigenvalue weighted by atomic mass is 32.1. The minimum absolute atomic E-state index is 0.171. The topological polar surface area (TPSA) is 33.1 Å². The zero-order valence-electron chi connectivity index (χ0n) is 9.71. The van der Waals surface area contributed by atoms with Gasteiger partial charge >= 0.3 is 0 Å². The maximum Gasteiger partial charge on any atom is 0.101 e. The fourth-order valence-electron chi connectivity index (χ4n) is 1.83. The van der Waals surface area contributed by atoms with Crippen molar-refractivity contribution in [3.63, 3.8) is 0 Å². The van der Waals surface area contributed by atoms with Gasteiger partial charge in [0.1, 0.15) is 5.01 Å². The molecule has 1 aromatic rings. The van der Waals surface area contributed by atoms with Gasteiger partial charge in [0.25, 0.3) is 0 Å². The molecule has 0 radical (unpaired) electrons. The summed E-state index contributed by atoms with van der Waals surface area (Å²) >= 11 is 1.75. The van der Waals surface area contributed by atoms with Gasteiger partial charge < -0.3 is 5.11 Å². The van der Waals surface area contributed by atoms with E-state index in [9.17, 15) is 5.11 Å². The molecule has 0 saturated heterocycles. The molecule has 2 nitrogen and oxygen atoms in total. The molecule has 0 bridgehead atoms. The first-order valence-electron chi connectivity index (χ1n) is 5.63. The number of rotatable bonds is 3. The highest BCUT2D eigenvalue weighted by Gasteiger charge is 2.29. The summed E-state index contributed by atoms with van der Waals surface area (Å²) in [6.07, 6.45) is 3.94. The van der Waals surface area contributed by atoms with E-state index in [0.717, 1.165) is 5.01 Å². The van der Waals surface area contributed by atoms with Gasteiger partial charge in [0, 0.05) is 16.2 Å².